The molecule has 1 N–H and O–H groups in total. The number of rotatable bonds is 12. The quantitative estimate of drug-likeness (QED) is 0.199. The van der Waals surface area contributed by atoms with Gasteiger partial charge in [-0.25, -0.2) is 4.98 Å². The van der Waals surface area contributed by atoms with E-state index < -0.39 is 0 Å². The standard InChI is InChI=1S/C19H37N5OS.HI/c1-7-11-24(12-8-2)13-9-10-21-19(20-4)23(5)14-17-15-26-18(22-17)16(3)25-6;/h15-16H,7-14H2,1-6H3,(H,20,21);1H. The van der Waals surface area contributed by atoms with Crippen LogP contribution in [0.5, 0.6) is 0 Å². The summed E-state index contributed by atoms with van der Waals surface area (Å²) < 4.78 is 5.34. The third kappa shape index (κ3) is 10.0. The van der Waals surface area contributed by atoms with E-state index in [9.17, 15) is 0 Å². The molecule has 0 aliphatic heterocycles. The summed E-state index contributed by atoms with van der Waals surface area (Å²) in [5, 5.41) is 6.59. The van der Waals surface area contributed by atoms with Gasteiger partial charge in [0.15, 0.2) is 5.96 Å². The lowest BCUT2D eigenvalue weighted by molar-refractivity contribution is 0.119. The Bertz CT molecular complexity index is 520. The summed E-state index contributed by atoms with van der Waals surface area (Å²) >= 11 is 1.65. The Morgan fingerprint density at radius 3 is 2.52 bits per heavy atom. The van der Waals surface area contributed by atoms with E-state index in [-0.39, 0.29) is 30.1 Å². The van der Waals surface area contributed by atoms with E-state index in [0.717, 1.165) is 42.7 Å². The van der Waals surface area contributed by atoms with Gasteiger partial charge in [-0.2, -0.15) is 0 Å². The van der Waals surface area contributed by atoms with Crippen molar-refractivity contribution in [3.63, 3.8) is 0 Å². The van der Waals surface area contributed by atoms with Gasteiger partial charge in [-0.1, -0.05) is 13.8 Å². The summed E-state index contributed by atoms with van der Waals surface area (Å²) in [5.41, 5.74) is 1.05. The molecule has 0 bridgehead atoms. The third-order valence-corrected chi connectivity index (χ3v) is 5.31. The van der Waals surface area contributed by atoms with E-state index in [2.05, 4.69) is 51.4 Å². The lowest BCUT2D eigenvalue weighted by Crippen LogP contribution is -2.40. The molecule has 0 fully saturated rings. The zero-order valence-corrected chi connectivity index (χ0v) is 21.0. The fourth-order valence-corrected chi connectivity index (χ4v) is 3.70. The first kappa shape index (κ1) is 26.6. The number of thiazole rings is 1. The molecule has 0 aliphatic carbocycles. The molecule has 0 aliphatic rings. The summed E-state index contributed by atoms with van der Waals surface area (Å²) in [6.07, 6.45) is 3.61. The van der Waals surface area contributed by atoms with Gasteiger partial charge in [0, 0.05) is 33.1 Å². The second-order valence-corrected chi connectivity index (χ2v) is 7.47. The molecule has 0 saturated carbocycles. The van der Waals surface area contributed by atoms with E-state index in [1.54, 1.807) is 18.4 Å². The summed E-state index contributed by atoms with van der Waals surface area (Å²) in [4.78, 5) is 13.7. The van der Waals surface area contributed by atoms with E-state index in [1.807, 2.05) is 14.0 Å². The number of aliphatic imine (C=N–C) groups is 1. The van der Waals surface area contributed by atoms with Crippen LogP contribution >= 0.6 is 35.3 Å². The van der Waals surface area contributed by atoms with Gasteiger partial charge in [-0.05, 0) is 45.8 Å². The summed E-state index contributed by atoms with van der Waals surface area (Å²) in [6, 6.07) is 0. The van der Waals surface area contributed by atoms with Crippen LogP contribution in [0, 0.1) is 0 Å². The Labute approximate surface area is 186 Å². The first-order valence-corrected chi connectivity index (χ1v) is 10.5. The van der Waals surface area contributed by atoms with Crippen LogP contribution < -0.4 is 5.32 Å². The molecule has 1 unspecified atom stereocenters. The molecular formula is C19H38IN5OS. The largest absolute Gasteiger partial charge is 0.375 e. The van der Waals surface area contributed by atoms with Crippen molar-refractivity contribution in [1.82, 2.24) is 20.1 Å². The highest BCUT2D eigenvalue weighted by Crippen LogP contribution is 2.20. The van der Waals surface area contributed by atoms with Gasteiger partial charge >= 0.3 is 0 Å². The fraction of sp³-hybridized carbons (Fsp3) is 0.789. The third-order valence-electron chi connectivity index (χ3n) is 4.26. The molecule has 1 atom stereocenters. The van der Waals surface area contributed by atoms with Crippen molar-refractivity contribution in [2.24, 2.45) is 4.99 Å². The Hall–Kier alpha value is -0.450. The second kappa shape index (κ2) is 15.5. The highest BCUT2D eigenvalue weighted by molar-refractivity contribution is 14.0. The average molecular weight is 512 g/mol. The monoisotopic (exact) mass is 511 g/mol. The number of ether oxygens (including phenoxy) is 1. The maximum atomic E-state index is 5.34. The first-order chi connectivity index (χ1) is 12.5. The highest BCUT2D eigenvalue weighted by atomic mass is 127. The Balaban J connectivity index is 0.00000676. The topological polar surface area (TPSA) is 53.0 Å². The maximum Gasteiger partial charge on any atom is 0.193 e. The van der Waals surface area contributed by atoms with Crippen molar-refractivity contribution >= 4 is 41.3 Å². The van der Waals surface area contributed by atoms with Crippen LogP contribution in [0.1, 0.15) is 56.8 Å². The number of halogens is 1. The van der Waals surface area contributed by atoms with Crippen LogP contribution in [0.4, 0.5) is 0 Å². The Kier molecular flexibility index (Phi) is 15.2. The minimum Gasteiger partial charge on any atom is -0.375 e. The van der Waals surface area contributed by atoms with Gasteiger partial charge < -0.3 is 19.9 Å². The highest BCUT2D eigenvalue weighted by Gasteiger charge is 2.12. The zero-order chi connectivity index (χ0) is 19.4. The summed E-state index contributed by atoms with van der Waals surface area (Å²) in [5.74, 6) is 0.914. The Morgan fingerprint density at radius 2 is 1.96 bits per heavy atom. The average Bonchev–Trinajstić information content (AvgIpc) is 3.09. The van der Waals surface area contributed by atoms with Crippen molar-refractivity contribution < 1.29 is 4.74 Å². The van der Waals surface area contributed by atoms with Gasteiger partial charge in [-0.15, -0.1) is 35.3 Å². The predicted molar refractivity (Wildman–Crippen MR) is 127 cm³/mol. The van der Waals surface area contributed by atoms with Gasteiger partial charge in [0.25, 0.3) is 0 Å². The van der Waals surface area contributed by atoms with Crippen LogP contribution in [0.3, 0.4) is 0 Å². The number of aromatic nitrogens is 1. The van der Waals surface area contributed by atoms with Gasteiger partial charge in [0.2, 0.25) is 0 Å². The number of guanidine groups is 1. The smallest absolute Gasteiger partial charge is 0.193 e. The molecule has 27 heavy (non-hydrogen) atoms. The predicted octanol–water partition coefficient (Wildman–Crippen LogP) is 3.99. The molecule has 1 aromatic heterocycles. The molecule has 0 amide bonds. The van der Waals surface area contributed by atoms with Crippen LogP contribution in [-0.4, -0.2) is 68.1 Å². The summed E-state index contributed by atoms with van der Waals surface area (Å²) in [7, 11) is 5.60. The number of hydrogen-bond acceptors (Lipinski definition) is 5. The Morgan fingerprint density at radius 1 is 1.30 bits per heavy atom. The van der Waals surface area contributed by atoms with Crippen LogP contribution in [-0.2, 0) is 11.3 Å². The van der Waals surface area contributed by atoms with Crippen LogP contribution in [0.2, 0.25) is 0 Å². The molecule has 158 valence electrons. The van der Waals surface area contributed by atoms with Gasteiger partial charge in [0.05, 0.1) is 12.2 Å². The zero-order valence-electron chi connectivity index (χ0n) is 17.8. The van der Waals surface area contributed by atoms with Crippen molar-refractivity contribution in [2.75, 3.05) is 47.4 Å². The first-order valence-electron chi connectivity index (χ1n) is 9.66. The van der Waals surface area contributed by atoms with Crippen molar-refractivity contribution in [3.05, 3.63) is 16.1 Å². The fourth-order valence-electron chi connectivity index (χ4n) is 2.86. The molecule has 0 saturated heterocycles. The van der Waals surface area contributed by atoms with Gasteiger partial charge in [0.1, 0.15) is 11.1 Å². The molecule has 8 heteroatoms. The molecule has 1 rings (SSSR count). The minimum atomic E-state index is 0. The normalized spacial score (nSPS) is 12.8. The molecular weight excluding hydrogens is 473 g/mol. The van der Waals surface area contributed by atoms with Crippen molar-refractivity contribution in [3.8, 4) is 0 Å². The molecule has 0 radical (unpaired) electrons. The number of nitrogens with one attached hydrogen (secondary N) is 1. The minimum absolute atomic E-state index is 0. The SMILES string of the molecule is CCCN(CCC)CCCNC(=NC)N(C)Cc1csc(C(C)OC)n1.I. The molecule has 0 aromatic carbocycles. The summed E-state index contributed by atoms with van der Waals surface area (Å²) in [6.45, 7) is 11.7. The van der Waals surface area contributed by atoms with E-state index in [0.29, 0.717) is 0 Å². The van der Waals surface area contributed by atoms with E-state index >= 15 is 0 Å². The molecule has 1 heterocycles. The molecule has 6 nitrogen and oxygen atoms in total. The van der Waals surface area contributed by atoms with Crippen LogP contribution in [0.15, 0.2) is 10.4 Å². The number of hydrogen-bond donors (Lipinski definition) is 1. The lowest BCUT2D eigenvalue weighted by Gasteiger charge is -2.23. The molecule has 1 aromatic rings. The molecule has 0 spiro atoms. The van der Waals surface area contributed by atoms with E-state index in [4.69, 9.17) is 4.74 Å². The van der Waals surface area contributed by atoms with Crippen molar-refractivity contribution in [2.45, 2.75) is 52.7 Å². The second-order valence-electron chi connectivity index (χ2n) is 6.58. The number of methoxy groups -OCH3 is 1. The van der Waals surface area contributed by atoms with Crippen LogP contribution in [0.25, 0.3) is 0 Å². The van der Waals surface area contributed by atoms with E-state index in [1.165, 1.54) is 25.9 Å². The number of nitrogens with zero attached hydrogens (tertiary/aromatic N) is 4. The van der Waals surface area contributed by atoms with Gasteiger partial charge in [-0.3, -0.25) is 4.99 Å². The maximum absolute atomic E-state index is 5.34. The van der Waals surface area contributed by atoms with Crippen molar-refractivity contribution in [1.29, 1.82) is 0 Å². The lowest BCUT2D eigenvalue weighted by atomic mass is 10.3.